The second kappa shape index (κ2) is 5.82. The van der Waals surface area contributed by atoms with Gasteiger partial charge in [0.1, 0.15) is 5.78 Å². The summed E-state index contributed by atoms with van der Waals surface area (Å²) in [6, 6.07) is 6.31. The van der Waals surface area contributed by atoms with E-state index in [1.165, 1.54) is 11.1 Å². The van der Waals surface area contributed by atoms with E-state index in [-0.39, 0.29) is 5.78 Å². The van der Waals surface area contributed by atoms with Crippen molar-refractivity contribution in [2.45, 2.75) is 20.8 Å². The molecule has 2 aromatic rings. The smallest absolute Gasteiger partial charge is 0.225 e. The van der Waals surface area contributed by atoms with E-state index in [0.717, 1.165) is 11.1 Å². The molecular weight excluding hydrogens is 250 g/mol. The first-order valence-corrected chi connectivity index (χ1v) is 6.57. The van der Waals surface area contributed by atoms with Gasteiger partial charge >= 0.3 is 0 Å². The monoisotopic (exact) mass is 269 g/mol. The number of hydrogen-bond acceptors (Lipinski definition) is 4. The lowest BCUT2D eigenvalue weighted by Gasteiger charge is -2.15. The van der Waals surface area contributed by atoms with Gasteiger partial charge < -0.3 is 4.90 Å². The zero-order valence-corrected chi connectivity index (χ0v) is 12.3. The van der Waals surface area contributed by atoms with Crippen LogP contribution < -0.4 is 4.90 Å². The maximum absolute atomic E-state index is 11.1. The quantitative estimate of drug-likeness (QED) is 0.856. The molecule has 0 aliphatic rings. The van der Waals surface area contributed by atoms with Crippen LogP contribution in [0.5, 0.6) is 0 Å². The van der Waals surface area contributed by atoms with Gasteiger partial charge in [-0.25, -0.2) is 9.97 Å². The van der Waals surface area contributed by atoms with Gasteiger partial charge in [0.25, 0.3) is 0 Å². The van der Waals surface area contributed by atoms with Crippen LogP contribution in [0.1, 0.15) is 18.1 Å². The molecule has 0 saturated heterocycles. The number of rotatable bonds is 4. The van der Waals surface area contributed by atoms with Crippen molar-refractivity contribution in [1.29, 1.82) is 0 Å². The van der Waals surface area contributed by atoms with Crippen LogP contribution in [-0.2, 0) is 4.79 Å². The minimum Gasteiger partial charge on any atom is -0.337 e. The number of carbonyl (C=O) groups excluding carboxylic acids is 1. The molecule has 1 heterocycles. The van der Waals surface area contributed by atoms with E-state index in [1.54, 1.807) is 24.2 Å². The molecule has 0 atom stereocenters. The Morgan fingerprint density at radius 1 is 1.20 bits per heavy atom. The van der Waals surface area contributed by atoms with Gasteiger partial charge in [-0.15, -0.1) is 0 Å². The number of anilines is 1. The van der Waals surface area contributed by atoms with Gasteiger partial charge in [0.2, 0.25) is 5.95 Å². The van der Waals surface area contributed by atoms with Crippen molar-refractivity contribution in [3.63, 3.8) is 0 Å². The molecule has 0 N–H and O–H groups in total. The Labute approximate surface area is 119 Å². The summed E-state index contributed by atoms with van der Waals surface area (Å²) >= 11 is 0. The highest BCUT2D eigenvalue weighted by Gasteiger charge is 2.08. The van der Waals surface area contributed by atoms with Crippen LogP contribution in [-0.4, -0.2) is 29.3 Å². The molecule has 0 radical (unpaired) electrons. The van der Waals surface area contributed by atoms with Gasteiger partial charge in [-0.2, -0.15) is 0 Å². The number of aromatic nitrogens is 2. The highest BCUT2D eigenvalue weighted by molar-refractivity contribution is 5.80. The van der Waals surface area contributed by atoms with E-state index in [0.29, 0.717) is 12.5 Å². The summed E-state index contributed by atoms with van der Waals surface area (Å²) in [5.74, 6) is 0.656. The van der Waals surface area contributed by atoms with Crippen LogP contribution in [0.15, 0.2) is 30.6 Å². The number of benzene rings is 1. The molecule has 0 aliphatic heterocycles. The van der Waals surface area contributed by atoms with E-state index in [4.69, 9.17) is 0 Å². The predicted octanol–water partition coefficient (Wildman–Crippen LogP) is 2.79. The number of carbonyl (C=O) groups is 1. The van der Waals surface area contributed by atoms with E-state index in [1.807, 2.05) is 7.05 Å². The molecule has 0 saturated carbocycles. The molecule has 4 nitrogen and oxygen atoms in total. The summed E-state index contributed by atoms with van der Waals surface area (Å²) < 4.78 is 0. The molecule has 2 rings (SSSR count). The summed E-state index contributed by atoms with van der Waals surface area (Å²) in [6.45, 7) is 6.04. The topological polar surface area (TPSA) is 46.1 Å². The third kappa shape index (κ3) is 3.20. The van der Waals surface area contributed by atoms with Gasteiger partial charge in [0, 0.05) is 25.0 Å². The van der Waals surface area contributed by atoms with Crippen LogP contribution in [0.4, 0.5) is 5.95 Å². The average molecular weight is 269 g/mol. The van der Waals surface area contributed by atoms with Crippen molar-refractivity contribution >= 4 is 11.7 Å². The van der Waals surface area contributed by atoms with Crippen molar-refractivity contribution in [3.8, 4) is 11.1 Å². The summed E-state index contributed by atoms with van der Waals surface area (Å²) in [4.78, 5) is 21.5. The Hall–Kier alpha value is -2.23. The van der Waals surface area contributed by atoms with Crippen LogP contribution in [0, 0.1) is 13.8 Å². The normalized spacial score (nSPS) is 10.4. The third-order valence-electron chi connectivity index (χ3n) is 3.13. The number of aryl methyl sites for hydroxylation is 2. The summed E-state index contributed by atoms with van der Waals surface area (Å²) in [6.07, 6.45) is 3.60. The van der Waals surface area contributed by atoms with Crippen LogP contribution in [0.3, 0.4) is 0 Å². The van der Waals surface area contributed by atoms with Crippen molar-refractivity contribution < 1.29 is 4.79 Å². The van der Waals surface area contributed by atoms with E-state index >= 15 is 0 Å². The number of nitrogens with zero attached hydrogens (tertiary/aromatic N) is 3. The molecule has 0 bridgehead atoms. The summed E-state index contributed by atoms with van der Waals surface area (Å²) in [5.41, 5.74) is 4.57. The SMILES string of the molecule is CC(=O)CN(C)c1ncc(-c2ccc(C)cc2C)cn1. The number of likely N-dealkylation sites (N-methyl/N-ethyl adjacent to an activating group) is 1. The van der Waals surface area contributed by atoms with Crippen molar-refractivity contribution in [2.24, 2.45) is 0 Å². The second-order valence-corrected chi connectivity index (χ2v) is 5.15. The first-order chi connectivity index (χ1) is 9.47. The summed E-state index contributed by atoms with van der Waals surface area (Å²) in [5, 5.41) is 0. The van der Waals surface area contributed by atoms with Gasteiger partial charge in [-0.3, -0.25) is 4.79 Å². The first-order valence-electron chi connectivity index (χ1n) is 6.57. The molecule has 4 heteroatoms. The molecule has 0 amide bonds. The Morgan fingerprint density at radius 3 is 2.40 bits per heavy atom. The Kier molecular flexibility index (Phi) is 4.13. The molecular formula is C16H19N3O. The lowest BCUT2D eigenvalue weighted by atomic mass is 10.0. The fourth-order valence-corrected chi connectivity index (χ4v) is 2.20. The Bertz CT molecular complexity index is 620. The van der Waals surface area contributed by atoms with Crippen LogP contribution in [0.25, 0.3) is 11.1 Å². The van der Waals surface area contributed by atoms with E-state index in [9.17, 15) is 4.79 Å². The van der Waals surface area contributed by atoms with E-state index in [2.05, 4.69) is 42.0 Å². The van der Waals surface area contributed by atoms with Gasteiger partial charge in [-0.05, 0) is 31.9 Å². The highest BCUT2D eigenvalue weighted by Crippen LogP contribution is 2.23. The first kappa shape index (κ1) is 14.2. The number of ketones is 1. The molecule has 1 aromatic heterocycles. The van der Waals surface area contributed by atoms with Crippen LogP contribution in [0.2, 0.25) is 0 Å². The zero-order chi connectivity index (χ0) is 14.7. The molecule has 0 unspecified atom stereocenters. The molecule has 0 aliphatic carbocycles. The molecule has 20 heavy (non-hydrogen) atoms. The lowest BCUT2D eigenvalue weighted by Crippen LogP contribution is -2.25. The predicted molar refractivity (Wildman–Crippen MR) is 80.9 cm³/mol. The fraction of sp³-hybridized carbons (Fsp3) is 0.312. The molecule has 0 spiro atoms. The molecule has 0 fully saturated rings. The van der Waals surface area contributed by atoms with Crippen molar-refractivity contribution in [3.05, 3.63) is 41.7 Å². The second-order valence-electron chi connectivity index (χ2n) is 5.15. The zero-order valence-electron chi connectivity index (χ0n) is 12.3. The average Bonchev–Trinajstić information content (AvgIpc) is 2.38. The lowest BCUT2D eigenvalue weighted by molar-refractivity contribution is -0.115. The largest absolute Gasteiger partial charge is 0.337 e. The maximum atomic E-state index is 11.1. The van der Waals surface area contributed by atoms with Crippen molar-refractivity contribution in [2.75, 3.05) is 18.5 Å². The third-order valence-corrected chi connectivity index (χ3v) is 3.13. The maximum Gasteiger partial charge on any atom is 0.225 e. The highest BCUT2D eigenvalue weighted by atomic mass is 16.1. The standard InChI is InChI=1S/C16H19N3O/c1-11-5-6-15(12(2)7-11)14-8-17-16(18-9-14)19(4)10-13(3)20/h5-9H,10H2,1-4H3. The van der Waals surface area contributed by atoms with Gasteiger partial charge in [0.05, 0.1) is 6.54 Å². The number of hydrogen-bond donors (Lipinski definition) is 0. The fourth-order valence-electron chi connectivity index (χ4n) is 2.20. The van der Waals surface area contributed by atoms with Gasteiger partial charge in [-0.1, -0.05) is 23.8 Å². The minimum atomic E-state index is 0.0922. The Balaban J connectivity index is 2.25. The van der Waals surface area contributed by atoms with Crippen molar-refractivity contribution in [1.82, 2.24) is 9.97 Å². The van der Waals surface area contributed by atoms with E-state index < -0.39 is 0 Å². The minimum absolute atomic E-state index is 0.0922. The number of Topliss-reactive ketones (excluding diaryl/α,β-unsaturated/α-hetero) is 1. The molecule has 1 aromatic carbocycles. The van der Waals surface area contributed by atoms with Crippen LogP contribution >= 0.6 is 0 Å². The summed E-state index contributed by atoms with van der Waals surface area (Å²) in [7, 11) is 1.81. The Morgan fingerprint density at radius 2 is 1.85 bits per heavy atom. The van der Waals surface area contributed by atoms with Gasteiger partial charge in [0.15, 0.2) is 0 Å². The molecule has 104 valence electrons.